The van der Waals surface area contributed by atoms with Gasteiger partial charge in [-0.25, -0.2) is 0 Å². The van der Waals surface area contributed by atoms with E-state index in [-0.39, 0.29) is 5.75 Å². The maximum atomic E-state index is 12.2. The fourth-order valence-electron chi connectivity index (χ4n) is 3.87. The van der Waals surface area contributed by atoms with Crippen molar-refractivity contribution in [1.29, 1.82) is 0 Å². The average Bonchev–Trinajstić information content (AvgIpc) is 2.74. The number of nitrogens with two attached hydrogens (primary N) is 1. The Morgan fingerprint density at radius 3 is 2.27 bits per heavy atom. The first-order chi connectivity index (χ1) is 14.4. The second-order valence-corrected chi connectivity index (χ2v) is 7.44. The minimum atomic E-state index is -0.542. The summed E-state index contributed by atoms with van der Waals surface area (Å²) in [5, 5.41) is 13.7. The number of carbonyl (C=O) groups excluding carboxylic acids is 1. The molecule has 152 valence electrons. The predicted octanol–water partition coefficient (Wildman–Crippen LogP) is 5.06. The molecule has 0 spiro atoms. The van der Waals surface area contributed by atoms with Crippen molar-refractivity contribution >= 4 is 39.1 Å². The standard InChI is InChI=1S/C24H20ClNO4/c1-29-22-12-19-17-10-15(27)7-8-16(17)21(24(26)28)11-18(19)20(23(22)30-2)9-13-3-5-14(25)6-4-13/h3-8,10-12,27H,9H2,1-2H3,(H2,26,28). The van der Waals surface area contributed by atoms with Crippen LogP contribution < -0.4 is 15.2 Å². The predicted molar refractivity (Wildman–Crippen MR) is 119 cm³/mol. The van der Waals surface area contributed by atoms with Crippen molar-refractivity contribution in [2.75, 3.05) is 14.2 Å². The molecule has 5 nitrogen and oxygen atoms in total. The number of phenolic OH excluding ortho intramolecular Hbond substituents is 1. The molecule has 30 heavy (non-hydrogen) atoms. The van der Waals surface area contributed by atoms with Crippen LogP contribution >= 0.6 is 11.6 Å². The summed E-state index contributed by atoms with van der Waals surface area (Å²) in [5.74, 6) is 0.694. The van der Waals surface area contributed by atoms with E-state index in [1.807, 2.05) is 30.3 Å². The summed E-state index contributed by atoms with van der Waals surface area (Å²) in [5.41, 5.74) is 7.93. The number of ether oxygens (including phenoxy) is 2. The highest BCUT2D eigenvalue weighted by molar-refractivity contribution is 6.30. The van der Waals surface area contributed by atoms with Gasteiger partial charge in [0.2, 0.25) is 5.91 Å². The number of aromatic hydroxyl groups is 1. The van der Waals surface area contributed by atoms with E-state index in [4.69, 9.17) is 26.8 Å². The lowest BCUT2D eigenvalue weighted by molar-refractivity contribution is 0.100. The van der Waals surface area contributed by atoms with Crippen LogP contribution in [0.2, 0.25) is 5.02 Å². The summed E-state index contributed by atoms with van der Waals surface area (Å²) in [6.07, 6.45) is 0.524. The highest BCUT2D eigenvalue weighted by atomic mass is 35.5. The number of amides is 1. The molecule has 0 radical (unpaired) electrons. The van der Waals surface area contributed by atoms with E-state index >= 15 is 0 Å². The van der Waals surface area contributed by atoms with E-state index in [1.54, 1.807) is 32.4 Å². The Kier molecular flexibility index (Phi) is 5.14. The maximum Gasteiger partial charge on any atom is 0.249 e. The molecule has 4 rings (SSSR count). The SMILES string of the molecule is COc1cc2c(cc(C(N)=O)c3ccc(O)cc32)c(Cc2ccc(Cl)cc2)c1OC. The van der Waals surface area contributed by atoms with Crippen molar-refractivity contribution < 1.29 is 19.4 Å². The summed E-state index contributed by atoms with van der Waals surface area (Å²) >= 11 is 6.03. The number of hydrogen-bond donors (Lipinski definition) is 2. The number of fused-ring (bicyclic) bond motifs is 3. The molecule has 0 atom stereocenters. The summed E-state index contributed by atoms with van der Waals surface area (Å²) < 4.78 is 11.3. The van der Waals surface area contributed by atoms with Crippen molar-refractivity contribution in [2.24, 2.45) is 5.73 Å². The van der Waals surface area contributed by atoms with Gasteiger partial charge >= 0.3 is 0 Å². The van der Waals surface area contributed by atoms with Crippen LogP contribution in [0.3, 0.4) is 0 Å². The quantitative estimate of drug-likeness (QED) is 0.441. The summed E-state index contributed by atoms with van der Waals surface area (Å²) in [6.45, 7) is 0. The topological polar surface area (TPSA) is 81.8 Å². The van der Waals surface area contributed by atoms with E-state index < -0.39 is 5.91 Å². The third-order valence-electron chi connectivity index (χ3n) is 5.24. The third-order valence-corrected chi connectivity index (χ3v) is 5.50. The number of primary amides is 1. The average molecular weight is 422 g/mol. The lowest BCUT2D eigenvalue weighted by atomic mass is 9.91. The van der Waals surface area contributed by atoms with Gasteiger partial charge in [-0.1, -0.05) is 23.7 Å². The molecule has 0 aliphatic rings. The number of phenols is 1. The van der Waals surface area contributed by atoms with Gasteiger partial charge < -0.3 is 20.3 Å². The minimum Gasteiger partial charge on any atom is -0.508 e. The zero-order valence-corrected chi connectivity index (χ0v) is 17.3. The van der Waals surface area contributed by atoms with Gasteiger partial charge in [0, 0.05) is 22.6 Å². The van der Waals surface area contributed by atoms with E-state index in [1.165, 1.54) is 6.07 Å². The Labute approximate surface area is 178 Å². The lowest BCUT2D eigenvalue weighted by Gasteiger charge is -2.18. The number of benzene rings is 4. The van der Waals surface area contributed by atoms with Crippen LogP contribution in [0.5, 0.6) is 17.2 Å². The molecule has 0 aliphatic heterocycles. The Bertz CT molecular complexity index is 1280. The first-order valence-corrected chi connectivity index (χ1v) is 9.68. The molecule has 0 heterocycles. The van der Waals surface area contributed by atoms with Gasteiger partial charge in [-0.15, -0.1) is 0 Å². The van der Waals surface area contributed by atoms with Crippen molar-refractivity contribution in [1.82, 2.24) is 0 Å². The fourth-order valence-corrected chi connectivity index (χ4v) is 3.99. The Balaban J connectivity index is 2.12. The van der Waals surface area contributed by atoms with Crippen molar-refractivity contribution in [3.05, 3.63) is 76.3 Å². The number of halogens is 1. The first kappa shape index (κ1) is 19.9. The van der Waals surface area contributed by atoms with Crippen LogP contribution in [-0.2, 0) is 6.42 Å². The molecule has 0 saturated carbocycles. The van der Waals surface area contributed by atoms with Crippen LogP contribution in [-0.4, -0.2) is 25.2 Å². The lowest BCUT2D eigenvalue weighted by Crippen LogP contribution is -2.12. The Morgan fingerprint density at radius 1 is 0.933 bits per heavy atom. The molecule has 0 bridgehead atoms. The second kappa shape index (κ2) is 7.76. The normalized spacial score (nSPS) is 11.0. The molecule has 0 unspecified atom stereocenters. The van der Waals surface area contributed by atoms with Crippen LogP contribution in [0.15, 0.2) is 54.6 Å². The van der Waals surface area contributed by atoms with Gasteiger partial charge in [-0.05, 0) is 69.6 Å². The molecule has 4 aromatic rings. The summed E-state index contributed by atoms with van der Waals surface area (Å²) in [6, 6.07) is 16.0. The molecular weight excluding hydrogens is 402 g/mol. The van der Waals surface area contributed by atoms with Crippen LogP contribution in [0, 0.1) is 0 Å². The van der Waals surface area contributed by atoms with Gasteiger partial charge in [0.1, 0.15) is 5.75 Å². The van der Waals surface area contributed by atoms with Gasteiger partial charge in [-0.2, -0.15) is 0 Å². The Morgan fingerprint density at radius 2 is 1.63 bits per heavy atom. The molecule has 6 heteroatoms. The second-order valence-electron chi connectivity index (χ2n) is 7.01. The molecule has 4 aromatic carbocycles. The monoisotopic (exact) mass is 421 g/mol. The van der Waals surface area contributed by atoms with Crippen molar-refractivity contribution in [2.45, 2.75) is 6.42 Å². The number of methoxy groups -OCH3 is 2. The smallest absolute Gasteiger partial charge is 0.249 e. The zero-order valence-electron chi connectivity index (χ0n) is 16.5. The number of carbonyl (C=O) groups is 1. The van der Waals surface area contributed by atoms with Gasteiger partial charge in [-0.3, -0.25) is 4.79 Å². The maximum absolute atomic E-state index is 12.2. The highest BCUT2D eigenvalue weighted by Crippen LogP contribution is 2.42. The summed E-state index contributed by atoms with van der Waals surface area (Å²) in [4.78, 5) is 12.2. The minimum absolute atomic E-state index is 0.0967. The van der Waals surface area contributed by atoms with Gasteiger partial charge in [0.25, 0.3) is 0 Å². The molecule has 3 N–H and O–H groups in total. The van der Waals surface area contributed by atoms with Crippen LogP contribution in [0.1, 0.15) is 21.5 Å². The summed E-state index contributed by atoms with van der Waals surface area (Å²) in [7, 11) is 3.16. The van der Waals surface area contributed by atoms with E-state index in [0.717, 1.165) is 21.9 Å². The molecule has 0 aromatic heterocycles. The number of hydrogen-bond acceptors (Lipinski definition) is 4. The first-order valence-electron chi connectivity index (χ1n) is 9.30. The van der Waals surface area contributed by atoms with Crippen molar-refractivity contribution in [3.63, 3.8) is 0 Å². The number of rotatable bonds is 5. The fraction of sp³-hybridized carbons (Fsp3) is 0.125. The van der Waals surface area contributed by atoms with Gasteiger partial charge in [0.15, 0.2) is 11.5 Å². The van der Waals surface area contributed by atoms with E-state index in [9.17, 15) is 9.90 Å². The van der Waals surface area contributed by atoms with Gasteiger partial charge in [0.05, 0.1) is 14.2 Å². The molecular formula is C24H20ClNO4. The highest BCUT2D eigenvalue weighted by Gasteiger charge is 2.20. The van der Waals surface area contributed by atoms with Crippen LogP contribution in [0.4, 0.5) is 0 Å². The zero-order chi connectivity index (χ0) is 21.4. The Hall–Kier alpha value is -3.44. The van der Waals surface area contributed by atoms with E-state index in [2.05, 4.69) is 0 Å². The molecule has 1 amide bonds. The molecule has 0 fully saturated rings. The van der Waals surface area contributed by atoms with E-state index in [0.29, 0.717) is 39.3 Å². The third kappa shape index (κ3) is 3.37. The van der Waals surface area contributed by atoms with Crippen LogP contribution in [0.25, 0.3) is 21.5 Å². The van der Waals surface area contributed by atoms with Crippen molar-refractivity contribution in [3.8, 4) is 17.2 Å². The molecule has 0 saturated heterocycles. The molecule has 0 aliphatic carbocycles. The largest absolute Gasteiger partial charge is 0.508 e.